The molecule has 5 heteroatoms. The average Bonchev–Trinajstić information content (AvgIpc) is 3.15. The first kappa shape index (κ1) is 15.5. The van der Waals surface area contributed by atoms with Crippen LogP contribution in [0.5, 0.6) is 0 Å². The van der Waals surface area contributed by atoms with Crippen molar-refractivity contribution in [2.24, 2.45) is 22.7 Å². The number of fused-ring (bicyclic) bond motifs is 3. The van der Waals surface area contributed by atoms with Crippen LogP contribution in [0.1, 0.15) is 46.5 Å². The lowest BCUT2D eigenvalue weighted by Crippen LogP contribution is -2.32. The number of ketones is 2. The molecule has 0 spiro atoms. The lowest BCUT2D eigenvalue weighted by molar-refractivity contribution is -0.135. The third-order valence-electron chi connectivity index (χ3n) is 7.37. The lowest BCUT2D eigenvalue weighted by Gasteiger charge is -2.36. The summed E-state index contributed by atoms with van der Waals surface area (Å²) in [5, 5.41) is 0. The van der Waals surface area contributed by atoms with Gasteiger partial charge in [0.05, 0.1) is 6.61 Å². The molecular weight excluding hydrogens is 320 g/mol. The highest BCUT2D eigenvalue weighted by Gasteiger charge is 2.64. The monoisotopic (exact) mass is 342 g/mol. The van der Waals surface area contributed by atoms with Gasteiger partial charge in [-0.25, -0.2) is 4.79 Å². The zero-order valence-electron chi connectivity index (χ0n) is 14.8. The normalized spacial score (nSPS) is 45.4. The number of ether oxygens (including phenoxy) is 2. The van der Waals surface area contributed by atoms with Gasteiger partial charge in [-0.3, -0.25) is 9.59 Å². The van der Waals surface area contributed by atoms with Crippen LogP contribution in [0.25, 0.3) is 0 Å². The van der Waals surface area contributed by atoms with Crippen LogP contribution in [0.4, 0.5) is 0 Å². The van der Waals surface area contributed by atoms with E-state index in [9.17, 15) is 14.4 Å². The number of carbonyl (C=O) groups excluding carboxylic acids is 3. The van der Waals surface area contributed by atoms with E-state index in [2.05, 4.69) is 20.8 Å². The molecule has 0 amide bonds. The quantitative estimate of drug-likeness (QED) is 0.500. The van der Waals surface area contributed by atoms with Crippen molar-refractivity contribution in [1.82, 2.24) is 0 Å². The van der Waals surface area contributed by atoms with Gasteiger partial charge in [-0.2, -0.15) is 0 Å². The summed E-state index contributed by atoms with van der Waals surface area (Å²) < 4.78 is 11.4. The van der Waals surface area contributed by atoms with Gasteiger partial charge in [0.2, 0.25) is 0 Å². The molecule has 0 aromatic carbocycles. The Hall–Kier alpha value is -1.75. The second-order valence-electron chi connectivity index (χ2n) is 8.87. The summed E-state index contributed by atoms with van der Waals surface area (Å²) in [7, 11) is 0. The van der Waals surface area contributed by atoms with Crippen molar-refractivity contribution in [3.8, 4) is 0 Å². The van der Waals surface area contributed by atoms with Gasteiger partial charge in [-0.15, -0.1) is 0 Å². The van der Waals surface area contributed by atoms with Crippen LogP contribution in [0.3, 0.4) is 0 Å². The lowest BCUT2D eigenvalue weighted by atomic mass is 9.66. The van der Waals surface area contributed by atoms with Crippen molar-refractivity contribution in [2.75, 3.05) is 6.61 Å². The van der Waals surface area contributed by atoms with Crippen LogP contribution in [0.2, 0.25) is 0 Å². The molecule has 5 nitrogen and oxygen atoms in total. The Morgan fingerprint density at radius 2 is 1.80 bits per heavy atom. The van der Waals surface area contributed by atoms with E-state index in [0.29, 0.717) is 36.4 Å². The number of carbonyl (C=O) groups is 3. The first-order valence-electron chi connectivity index (χ1n) is 9.19. The summed E-state index contributed by atoms with van der Waals surface area (Å²) in [4.78, 5) is 38.0. The molecule has 25 heavy (non-hydrogen) atoms. The van der Waals surface area contributed by atoms with Gasteiger partial charge in [-0.1, -0.05) is 20.8 Å². The highest BCUT2D eigenvalue weighted by Crippen LogP contribution is 2.63. The predicted octanol–water partition coefficient (Wildman–Crippen LogP) is 2.50. The molecule has 1 saturated carbocycles. The Kier molecular flexibility index (Phi) is 2.79. The van der Waals surface area contributed by atoms with E-state index in [1.54, 1.807) is 0 Å². The first-order valence-corrected chi connectivity index (χ1v) is 9.19. The molecule has 0 radical (unpaired) electrons. The average molecular weight is 342 g/mol. The Morgan fingerprint density at radius 3 is 2.56 bits per heavy atom. The van der Waals surface area contributed by atoms with E-state index in [-0.39, 0.29) is 39.8 Å². The van der Waals surface area contributed by atoms with Crippen LogP contribution in [0.15, 0.2) is 22.5 Å². The molecule has 2 aliphatic heterocycles. The van der Waals surface area contributed by atoms with Gasteiger partial charge >= 0.3 is 5.97 Å². The van der Waals surface area contributed by atoms with Crippen molar-refractivity contribution in [3.63, 3.8) is 0 Å². The maximum atomic E-state index is 13.2. The standard InChI is InChI=1S/C20H22O5/c1-9-8-24-17-12(9)20(3)7-6-19(2)5-4-10(21)11-13(19)16(25-18(11)23)14(20)15(17)22/h9,12,17H,4-8H2,1-3H3. The molecule has 0 bridgehead atoms. The van der Waals surface area contributed by atoms with Crippen LogP contribution in [0, 0.1) is 22.7 Å². The number of Topliss-reactive ketones (excluding diaryl/α,β-unsaturated/α-hetero) is 2. The molecule has 5 unspecified atom stereocenters. The summed E-state index contributed by atoms with van der Waals surface area (Å²) in [5.41, 5.74) is 0.862. The fraction of sp³-hybridized carbons (Fsp3) is 0.650. The maximum absolute atomic E-state index is 13.2. The first-order chi connectivity index (χ1) is 11.8. The highest BCUT2D eigenvalue weighted by atomic mass is 16.5. The number of esters is 1. The van der Waals surface area contributed by atoms with Crippen molar-refractivity contribution in [3.05, 3.63) is 22.5 Å². The third-order valence-corrected chi connectivity index (χ3v) is 7.37. The van der Waals surface area contributed by atoms with E-state index in [1.165, 1.54) is 0 Å². The van der Waals surface area contributed by atoms with Gasteiger partial charge in [0, 0.05) is 28.9 Å². The van der Waals surface area contributed by atoms with Gasteiger partial charge in [0.25, 0.3) is 0 Å². The van der Waals surface area contributed by atoms with Crippen molar-refractivity contribution < 1.29 is 23.9 Å². The number of allylic oxidation sites excluding steroid dienone is 1. The second-order valence-corrected chi connectivity index (χ2v) is 8.87. The Labute approximate surface area is 146 Å². The molecule has 5 atom stereocenters. The number of rotatable bonds is 0. The molecule has 5 rings (SSSR count). The molecule has 1 saturated heterocycles. The van der Waals surface area contributed by atoms with Gasteiger partial charge in [0.15, 0.2) is 11.6 Å². The highest BCUT2D eigenvalue weighted by molar-refractivity contribution is 6.22. The van der Waals surface area contributed by atoms with Crippen molar-refractivity contribution in [1.29, 1.82) is 0 Å². The number of hydrogen-bond donors (Lipinski definition) is 0. The molecule has 0 aromatic rings. The molecule has 3 aliphatic carbocycles. The zero-order valence-corrected chi connectivity index (χ0v) is 14.8. The molecule has 2 heterocycles. The van der Waals surface area contributed by atoms with Crippen LogP contribution < -0.4 is 0 Å². The topological polar surface area (TPSA) is 69.7 Å². The smallest absolute Gasteiger partial charge is 0.347 e. The van der Waals surface area contributed by atoms with Crippen molar-refractivity contribution in [2.45, 2.75) is 52.6 Å². The minimum atomic E-state index is -0.573. The Morgan fingerprint density at radius 1 is 1.04 bits per heavy atom. The minimum Gasteiger partial charge on any atom is -0.422 e. The van der Waals surface area contributed by atoms with E-state index in [1.807, 2.05) is 0 Å². The predicted molar refractivity (Wildman–Crippen MR) is 87.2 cm³/mol. The fourth-order valence-corrected chi connectivity index (χ4v) is 6.06. The van der Waals surface area contributed by atoms with E-state index in [0.717, 1.165) is 12.8 Å². The van der Waals surface area contributed by atoms with Gasteiger partial charge < -0.3 is 9.47 Å². The summed E-state index contributed by atoms with van der Waals surface area (Å²) in [6.07, 6.45) is 2.36. The molecule has 5 aliphatic rings. The summed E-state index contributed by atoms with van der Waals surface area (Å²) in [5.74, 6) is 0.0346. The van der Waals surface area contributed by atoms with Crippen LogP contribution >= 0.6 is 0 Å². The van der Waals surface area contributed by atoms with E-state index < -0.39 is 12.1 Å². The molecule has 2 fully saturated rings. The summed E-state index contributed by atoms with van der Waals surface area (Å²) >= 11 is 0. The third kappa shape index (κ3) is 1.65. The Bertz CT molecular complexity index is 818. The fourth-order valence-electron chi connectivity index (χ4n) is 6.06. The largest absolute Gasteiger partial charge is 0.422 e. The van der Waals surface area contributed by atoms with E-state index in [4.69, 9.17) is 9.47 Å². The van der Waals surface area contributed by atoms with Crippen LogP contribution in [-0.4, -0.2) is 30.2 Å². The van der Waals surface area contributed by atoms with Crippen LogP contribution in [-0.2, 0) is 23.9 Å². The molecular formula is C20H22O5. The van der Waals surface area contributed by atoms with E-state index >= 15 is 0 Å². The second kappa shape index (κ2) is 4.50. The van der Waals surface area contributed by atoms with Crippen molar-refractivity contribution >= 4 is 17.5 Å². The molecule has 0 aromatic heterocycles. The molecule has 132 valence electrons. The zero-order chi connectivity index (χ0) is 17.7. The summed E-state index contributed by atoms with van der Waals surface area (Å²) in [6, 6.07) is 0. The maximum Gasteiger partial charge on any atom is 0.347 e. The minimum absolute atomic E-state index is 0.0457. The SMILES string of the molecule is CC1COC2C(=O)C3=C4OC(=O)C5=C4C(C)(CCC5=O)CCC3(C)C12. The summed E-state index contributed by atoms with van der Waals surface area (Å²) in [6.45, 7) is 6.96. The van der Waals surface area contributed by atoms with Gasteiger partial charge in [0.1, 0.15) is 17.4 Å². The Balaban J connectivity index is 1.81. The number of hydrogen-bond acceptors (Lipinski definition) is 5. The van der Waals surface area contributed by atoms with Gasteiger partial charge in [-0.05, 0) is 30.6 Å². The molecule has 0 N–H and O–H groups in total.